The maximum absolute atomic E-state index is 12.4. The third kappa shape index (κ3) is 2.05. The fraction of sp³-hybridized carbons (Fsp3) is 0.286. The second kappa shape index (κ2) is 4.14. The maximum atomic E-state index is 12.4. The van der Waals surface area contributed by atoms with Gasteiger partial charge in [0.1, 0.15) is 9.45 Å². The highest BCUT2D eigenvalue weighted by Gasteiger charge is 2.20. The smallest absolute Gasteiger partial charge is 0.266 e. The summed E-state index contributed by atoms with van der Waals surface area (Å²) < 4.78 is 24.9. The lowest BCUT2D eigenvalue weighted by atomic mass is 10.1. The summed E-state index contributed by atoms with van der Waals surface area (Å²) in [6, 6.07) is 0. The fourth-order valence-electron chi connectivity index (χ4n) is 0.916. The highest BCUT2D eigenvalue weighted by Crippen LogP contribution is 2.31. The Kier molecular flexibility index (Phi) is 3.37. The number of aromatic nitrogens is 1. The van der Waals surface area contributed by atoms with Crippen molar-refractivity contribution in [2.24, 2.45) is 0 Å². The quantitative estimate of drug-likeness (QED) is 0.647. The second-order valence-electron chi connectivity index (χ2n) is 2.29. The monoisotopic (exact) mass is 301 g/mol. The molecule has 0 aliphatic rings. The van der Waals surface area contributed by atoms with Crippen LogP contribution in [-0.4, -0.2) is 15.2 Å². The predicted molar refractivity (Wildman–Crippen MR) is 49.5 cm³/mol. The number of aliphatic hydroxyl groups is 1. The van der Waals surface area contributed by atoms with Gasteiger partial charge in [0, 0.05) is 5.56 Å². The van der Waals surface area contributed by atoms with E-state index in [0.717, 1.165) is 6.20 Å². The van der Waals surface area contributed by atoms with Crippen LogP contribution in [0.4, 0.5) is 8.78 Å². The summed E-state index contributed by atoms with van der Waals surface area (Å²) in [7, 11) is 0. The average Bonchev–Trinajstić information content (AvgIpc) is 2.07. The van der Waals surface area contributed by atoms with Crippen molar-refractivity contribution in [3.63, 3.8) is 0 Å². The molecule has 2 N–H and O–H groups in total. The van der Waals surface area contributed by atoms with Crippen molar-refractivity contribution >= 4 is 22.6 Å². The first-order valence-corrected chi connectivity index (χ1v) is 4.41. The van der Waals surface area contributed by atoms with Gasteiger partial charge in [0.2, 0.25) is 0 Å². The Hall–Kier alpha value is -0.500. The van der Waals surface area contributed by atoms with E-state index >= 15 is 0 Å². The summed E-state index contributed by atoms with van der Waals surface area (Å²) in [5, 5.41) is 17.9. The average molecular weight is 301 g/mol. The molecule has 0 bridgehead atoms. The van der Waals surface area contributed by atoms with Gasteiger partial charge in [-0.25, -0.2) is 13.8 Å². The van der Waals surface area contributed by atoms with Gasteiger partial charge < -0.3 is 10.2 Å². The molecule has 0 saturated heterocycles. The minimum absolute atomic E-state index is 0.0921. The number of hydrogen-bond donors (Lipinski definition) is 2. The third-order valence-corrected chi connectivity index (χ3v) is 2.39. The van der Waals surface area contributed by atoms with Gasteiger partial charge in [0.25, 0.3) is 6.43 Å². The van der Waals surface area contributed by atoms with E-state index in [2.05, 4.69) is 4.98 Å². The number of halogens is 3. The maximum Gasteiger partial charge on any atom is 0.266 e. The number of aliphatic hydroxyl groups excluding tert-OH is 1. The van der Waals surface area contributed by atoms with Crippen LogP contribution in [0.5, 0.6) is 5.75 Å². The number of nitrogens with zero attached hydrogens (tertiary/aromatic N) is 1. The predicted octanol–water partition coefficient (Wildman–Crippen LogP) is 1.82. The molecule has 0 amide bonds. The van der Waals surface area contributed by atoms with Crippen LogP contribution in [-0.2, 0) is 6.61 Å². The second-order valence-corrected chi connectivity index (χ2v) is 3.31. The van der Waals surface area contributed by atoms with Crippen LogP contribution >= 0.6 is 22.6 Å². The van der Waals surface area contributed by atoms with Crippen LogP contribution in [0.1, 0.15) is 17.6 Å². The minimum Gasteiger partial charge on any atom is -0.506 e. The van der Waals surface area contributed by atoms with Crippen molar-refractivity contribution < 1.29 is 19.0 Å². The number of hydrogen-bond acceptors (Lipinski definition) is 3. The minimum atomic E-state index is -2.74. The van der Waals surface area contributed by atoms with E-state index in [1.807, 2.05) is 0 Å². The number of alkyl halides is 2. The van der Waals surface area contributed by atoms with Crippen LogP contribution in [0.15, 0.2) is 6.20 Å². The molecule has 0 aliphatic carbocycles. The zero-order chi connectivity index (χ0) is 10.0. The molecule has 0 atom stereocenters. The zero-order valence-corrected chi connectivity index (χ0v) is 8.49. The van der Waals surface area contributed by atoms with Gasteiger partial charge in [-0.15, -0.1) is 0 Å². The van der Waals surface area contributed by atoms with Gasteiger partial charge in [-0.1, -0.05) is 0 Å². The van der Waals surface area contributed by atoms with Crippen molar-refractivity contribution in [2.75, 3.05) is 0 Å². The SMILES string of the molecule is OCc1c(O)cnc(I)c1C(F)F. The first kappa shape index (κ1) is 10.6. The van der Waals surface area contributed by atoms with Gasteiger partial charge in [0.15, 0.2) is 0 Å². The third-order valence-electron chi connectivity index (χ3n) is 1.53. The summed E-state index contributed by atoms with van der Waals surface area (Å²) >= 11 is 1.63. The summed E-state index contributed by atoms with van der Waals surface area (Å²) in [4.78, 5) is 3.55. The lowest BCUT2D eigenvalue weighted by Crippen LogP contribution is -2.00. The Morgan fingerprint density at radius 2 is 2.15 bits per heavy atom. The molecule has 0 aromatic carbocycles. The molecule has 1 rings (SSSR count). The molecule has 13 heavy (non-hydrogen) atoms. The first-order valence-electron chi connectivity index (χ1n) is 3.33. The number of pyridine rings is 1. The molecule has 1 heterocycles. The lowest BCUT2D eigenvalue weighted by molar-refractivity contribution is 0.144. The van der Waals surface area contributed by atoms with E-state index in [1.165, 1.54) is 0 Å². The number of aromatic hydroxyl groups is 1. The summed E-state index contributed by atoms with van der Waals surface area (Å²) in [6.07, 6.45) is -1.70. The molecule has 0 saturated carbocycles. The van der Waals surface area contributed by atoms with Crippen molar-refractivity contribution in [2.45, 2.75) is 13.0 Å². The highest BCUT2D eigenvalue weighted by atomic mass is 127. The molecule has 0 spiro atoms. The normalized spacial score (nSPS) is 10.8. The van der Waals surface area contributed by atoms with Crippen LogP contribution in [0.25, 0.3) is 0 Å². The van der Waals surface area contributed by atoms with Gasteiger partial charge >= 0.3 is 0 Å². The van der Waals surface area contributed by atoms with Crippen molar-refractivity contribution in [3.05, 3.63) is 21.0 Å². The van der Waals surface area contributed by atoms with Crippen LogP contribution in [0.2, 0.25) is 0 Å². The van der Waals surface area contributed by atoms with Crippen LogP contribution in [0, 0.1) is 3.70 Å². The Labute approximate surface area is 86.6 Å². The molecule has 0 radical (unpaired) electrons. The van der Waals surface area contributed by atoms with E-state index in [-0.39, 0.29) is 9.26 Å². The zero-order valence-electron chi connectivity index (χ0n) is 6.34. The van der Waals surface area contributed by atoms with Gasteiger partial charge in [-0.3, -0.25) is 0 Å². The topological polar surface area (TPSA) is 53.4 Å². The lowest BCUT2D eigenvalue weighted by Gasteiger charge is -2.09. The first-order chi connectivity index (χ1) is 6.07. The molecule has 0 fully saturated rings. The van der Waals surface area contributed by atoms with E-state index in [9.17, 15) is 8.78 Å². The molecule has 0 aliphatic heterocycles. The Balaban J connectivity index is 3.35. The van der Waals surface area contributed by atoms with E-state index in [0.29, 0.717) is 0 Å². The van der Waals surface area contributed by atoms with Gasteiger partial charge in [-0.05, 0) is 22.6 Å². The van der Waals surface area contributed by atoms with Crippen molar-refractivity contribution in [1.82, 2.24) is 4.98 Å². The van der Waals surface area contributed by atoms with Crippen molar-refractivity contribution in [3.8, 4) is 5.75 Å². The fourth-order valence-corrected chi connectivity index (χ4v) is 1.62. The molecule has 1 aromatic rings. The van der Waals surface area contributed by atoms with E-state index in [1.54, 1.807) is 22.6 Å². The molecule has 3 nitrogen and oxygen atoms in total. The summed E-state index contributed by atoms with van der Waals surface area (Å²) in [6.45, 7) is -0.621. The number of rotatable bonds is 2. The van der Waals surface area contributed by atoms with E-state index < -0.39 is 24.3 Å². The Morgan fingerprint density at radius 1 is 1.54 bits per heavy atom. The largest absolute Gasteiger partial charge is 0.506 e. The van der Waals surface area contributed by atoms with E-state index in [4.69, 9.17) is 10.2 Å². The Morgan fingerprint density at radius 3 is 2.54 bits per heavy atom. The molecule has 1 aromatic heterocycles. The van der Waals surface area contributed by atoms with Crippen molar-refractivity contribution in [1.29, 1.82) is 0 Å². The highest BCUT2D eigenvalue weighted by molar-refractivity contribution is 14.1. The van der Waals surface area contributed by atoms with Crippen LogP contribution < -0.4 is 0 Å². The summed E-state index contributed by atoms with van der Waals surface area (Å²) in [5.41, 5.74) is -0.558. The molecule has 6 heteroatoms. The molecular formula is C7H6F2INO2. The standard InChI is InChI=1S/C7H6F2INO2/c8-6(9)5-3(2-12)4(13)1-11-7(5)10/h1,6,12-13H,2H2. The molecular weight excluding hydrogens is 295 g/mol. The van der Waals surface area contributed by atoms with Gasteiger partial charge in [-0.2, -0.15) is 0 Å². The summed E-state index contributed by atoms with van der Waals surface area (Å²) in [5.74, 6) is -0.404. The molecule has 0 unspecified atom stereocenters. The Bertz CT molecular complexity index is 320. The molecule has 72 valence electrons. The van der Waals surface area contributed by atoms with Gasteiger partial charge in [0.05, 0.1) is 18.4 Å². The van der Waals surface area contributed by atoms with Crippen LogP contribution in [0.3, 0.4) is 0 Å².